The van der Waals surface area contributed by atoms with Crippen LogP contribution in [0.3, 0.4) is 0 Å². The Hall–Kier alpha value is -0.810. The number of carbonyl (C=O) groups excluding carboxylic acids is 1. The fourth-order valence-electron chi connectivity index (χ4n) is 5.73. The van der Waals surface area contributed by atoms with Crippen molar-refractivity contribution in [2.24, 2.45) is 5.92 Å². The molecule has 0 aliphatic carbocycles. The van der Waals surface area contributed by atoms with E-state index >= 15 is 0 Å². The van der Waals surface area contributed by atoms with Gasteiger partial charge < -0.3 is 10.2 Å². The maximum absolute atomic E-state index is 13.3. The first-order valence-corrected chi connectivity index (χ1v) is 11.5. The molecule has 0 aromatic heterocycles. The number of amides is 1. The smallest absolute Gasteiger partial charge is 0.223 e. The third kappa shape index (κ3) is 6.59. The van der Waals surface area contributed by atoms with E-state index in [0.29, 0.717) is 30.0 Å². The van der Waals surface area contributed by atoms with E-state index < -0.39 is 0 Å². The van der Waals surface area contributed by atoms with Crippen molar-refractivity contribution in [3.63, 3.8) is 0 Å². The zero-order chi connectivity index (χ0) is 19.3. The molecule has 3 saturated heterocycles. The van der Waals surface area contributed by atoms with Crippen LogP contribution < -0.4 is 5.32 Å². The molecule has 1 aromatic carbocycles. The normalized spacial score (nSPS) is 28.3. The minimum absolute atomic E-state index is 0. The van der Waals surface area contributed by atoms with Gasteiger partial charge in [-0.2, -0.15) is 0 Å². The average Bonchev–Trinajstić information content (AvgIpc) is 3.05. The van der Waals surface area contributed by atoms with E-state index in [9.17, 15) is 4.79 Å². The Kier molecular flexibility index (Phi) is 10.4. The quantitative estimate of drug-likeness (QED) is 0.649. The molecule has 1 N–H and O–H groups in total. The van der Waals surface area contributed by atoms with Gasteiger partial charge in [0.1, 0.15) is 0 Å². The predicted molar refractivity (Wildman–Crippen MR) is 129 cm³/mol. The fourth-order valence-corrected chi connectivity index (χ4v) is 5.73. The van der Waals surface area contributed by atoms with Crippen LogP contribution in [0.4, 0.5) is 0 Å². The molecule has 3 heterocycles. The Morgan fingerprint density at radius 3 is 2.47 bits per heavy atom. The molecule has 3 aliphatic rings. The van der Waals surface area contributed by atoms with Gasteiger partial charge in [-0.3, -0.25) is 9.69 Å². The molecule has 1 aromatic rings. The highest BCUT2D eigenvalue weighted by atomic mass is 35.5. The maximum Gasteiger partial charge on any atom is 0.223 e. The minimum atomic E-state index is 0. The van der Waals surface area contributed by atoms with Crippen molar-refractivity contribution in [1.82, 2.24) is 15.1 Å². The molecule has 6 heteroatoms. The summed E-state index contributed by atoms with van der Waals surface area (Å²) in [6, 6.07) is 12.5. The van der Waals surface area contributed by atoms with Gasteiger partial charge in [0.05, 0.1) is 0 Å². The SMILES string of the molecule is CCCN(C(=O)CC1CC2CCC(C1)N2)C1CCCN(Cc2ccccc2)C1.Cl.Cl. The summed E-state index contributed by atoms with van der Waals surface area (Å²) in [5.41, 5.74) is 1.38. The summed E-state index contributed by atoms with van der Waals surface area (Å²) in [5, 5.41) is 3.71. The molecular weight excluding hydrogens is 417 g/mol. The number of hydrogen-bond donors (Lipinski definition) is 1. The van der Waals surface area contributed by atoms with Crippen LogP contribution in [-0.2, 0) is 11.3 Å². The lowest BCUT2D eigenvalue weighted by Crippen LogP contribution is -2.51. The molecule has 4 rings (SSSR count). The topological polar surface area (TPSA) is 35.6 Å². The molecule has 0 radical (unpaired) electrons. The number of hydrogen-bond acceptors (Lipinski definition) is 3. The number of nitrogens with zero attached hydrogens (tertiary/aromatic N) is 2. The van der Waals surface area contributed by atoms with Crippen molar-refractivity contribution < 1.29 is 4.79 Å². The van der Waals surface area contributed by atoms with E-state index in [2.05, 4.69) is 52.4 Å². The molecule has 170 valence electrons. The second kappa shape index (κ2) is 12.3. The molecule has 3 aliphatic heterocycles. The van der Waals surface area contributed by atoms with Crippen LogP contribution in [0.25, 0.3) is 0 Å². The predicted octanol–water partition coefficient (Wildman–Crippen LogP) is 4.65. The van der Waals surface area contributed by atoms with Crippen LogP contribution in [0, 0.1) is 5.92 Å². The van der Waals surface area contributed by atoms with Gasteiger partial charge in [-0.25, -0.2) is 0 Å². The number of carbonyl (C=O) groups is 1. The van der Waals surface area contributed by atoms with Gasteiger partial charge >= 0.3 is 0 Å². The Balaban J connectivity index is 0.00000160. The molecule has 2 bridgehead atoms. The first-order chi connectivity index (χ1) is 13.7. The van der Waals surface area contributed by atoms with Gasteiger partial charge in [0.25, 0.3) is 0 Å². The Bertz CT molecular complexity index is 633. The first kappa shape index (κ1) is 25.5. The molecule has 3 fully saturated rings. The molecule has 1 amide bonds. The lowest BCUT2D eigenvalue weighted by atomic mass is 9.89. The third-order valence-electron chi connectivity index (χ3n) is 6.99. The summed E-state index contributed by atoms with van der Waals surface area (Å²) in [6.07, 6.45) is 9.20. The van der Waals surface area contributed by atoms with Crippen molar-refractivity contribution >= 4 is 30.7 Å². The second-order valence-corrected chi connectivity index (χ2v) is 9.28. The van der Waals surface area contributed by atoms with E-state index in [0.717, 1.165) is 45.4 Å². The highest BCUT2D eigenvalue weighted by Crippen LogP contribution is 2.33. The number of halogens is 2. The van der Waals surface area contributed by atoms with Crippen molar-refractivity contribution in [3.05, 3.63) is 35.9 Å². The van der Waals surface area contributed by atoms with Crippen LogP contribution in [0.1, 0.15) is 63.9 Å². The highest BCUT2D eigenvalue weighted by molar-refractivity contribution is 5.85. The number of benzene rings is 1. The summed E-state index contributed by atoms with van der Waals surface area (Å²) in [7, 11) is 0. The van der Waals surface area contributed by atoms with Gasteiger partial charge in [0.15, 0.2) is 0 Å². The summed E-state index contributed by atoms with van der Waals surface area (Å²) in [5.74, 6) is 1.01. The van der Waals surface area contributed by atoms with Crippen molar-refractivity contribution in [2.45, 2.75) is 83.0 Å². The number of likely N-dealkylation sites (tertiary alicyclic amines) is 1. The van der Waals surface area contributed by atoms with Gasteiger partial charge in [-0.15, -0.1) is 24.8 Å². The van der Waals surface area contributed by atoms with E-state index in [1.54, 1.807) is 0 Å². The zero-order valence-electron chi connectivity index (χ0n) is 18.3. The lowest BCUT2D eigenvalue weighted by Gasteiger charge is -2.40. The van der Waals surface area contributed by atoms with Crippen LogP contribution in [0.5, 0.6) is 0 Å². The summed E-state index contributed by atoms with van der Waals surface area (Å²) >= 11 is 0. The van der Waals surface area contributed by atoms with E-state index in [-0.39, 0.29) is 24.8 Å². The summed E-state index contributed by atoms with van der Waals surface area (Å²) in [4.78, 5) is 18.1. The van der Waals surface area contributed by atoms with Crippen molar-refractivity contribution in [1.29, 1.82) is 0 Å². The monoisotopic (exact) mass is 455 g/mol. The lowest BCUT2D eigenvalue weighted by molar-refractivity contribution is -0.136. The molecule has 0 saturated carbocycles. The summed E-state index contributed by atoms with van der Waals surface area (Å²) < 4.78 is 0. The Morgan fingerprint density at radius 1 is 1.10 bits per heavy atom. The molecule has 4 nitrogen and oxygen atoms in total. The van der Waals surface area contributed by atoms with Crippen LogP contribution in [0.15, 0.2) is 30.3 Å². The van der Waals surface area contributed by atoms with E-state index in [1.807, 2.05) is 0 Å². The maximum atomic E-state index is 13.3. The largest absolute Gasteiger partial charge is 0.338 e. The minimum Gasteiger partial charge on any atom is -0.338 e. The highest BCUT2D eigenvalue weighted by Gasteiger charge is 2.36. The number of rotatable bonds is 7. The standard InChI is InChI=1S/C24H37N3O.2ClH/c1-2-12-27(24(28)16-20-14-21-10-11-22(15-20)25-21)23-9-6-13-26(18-23)17-19-7-4-3-5-8-19;;/h3-5,7-8,20-23,25H,2,6,9-18H2,1H3;2*1H. The molecule has 30 heavy (non-hydrogen) atoms. The zero-order valence-corrected chi connectivity index (χ0v) is 19.9. The van der Waals surface area contributed by atoms with Gasteiger partial charge in [-0.05, 0) is 63.0 Å². The number of piperidine rings is 2. The first-order valence-electron chi connectivity index (χ1n) is 11.5. The average molecular weight is 457 g/mol. The molecule has 0 spiro atoms. The summed E-state index contributed by atoms with van der Waals surface area (Å²) in [6.45, 7) is 6.30. The van der Waals surface area contributed by atoms with Gasteiger partial charge in [-0.1, -0.05) is 37.3 Å². The van der Waals surface area contributed by atoms with Crippen LogP contribution in [-0.4, -0.2) is 53.5 Å². The number of nitrogens with one attached hydrogen (secondary N) is 1. The molecule has 3 atom stereocenters. The number of fused-ring (bicyclic) bond motifs is 2. The second-order valence-electron chi connectivity index (χ2n) is 9.28. The fraction of sp³-hybridized carbons (Fsp3) is 0.708. The van der Waals surface area contributed by atoms with Gasteiger partial charge in [0.2, 0.25) is 5.91 Å². The van der Waals surface area contributed by atoms with Crippen molar-refractivity contribution in [3.8, 4) is 0 Å². The van der Waals surface area contributed by atoms with Crippen LogP contribution >= 0.6 is 24.8 Å². The van der Waals surface area contributed by atoms with E-state index in [1.165, 1.54) is 37.7 Å². The van der Waals surface area contributed by atoms with Gasteiger partial charge in [0, 0.05) is 44.2 Å². The molecular formula is C24H39Cl2N3O. The van der Waals surface area contributed by atoms with Crippen LogP contribution in [0.2, 0.25) is 0 Å². The Morgan fingerprint density at radius 2 is 1.80 bits per heavy atom. The Labute approximate surface area is 195 Å². The van der Waals surface area contributed by atoms with E-state index in [4.69, 9.17) is 0 Å². The van der Waals surface area contributed by atoms with Crippen molar-refractivity contribution in [2.75, 3.05) is 19.6 Å². The third-order valence-corrected chi connectivity index (χ3v) is 6.99. The molecule has 3 unspecified atom stereocenters.